The van der Waals surface area contributed by atoms with E-state index in [2.05, 4.69) is 15.3 Å². The first-order valence-corrected chi connectivity index (χ1v) is 11.2. The smallest absolute Gasteiger partial charge is 0.286 e. The average molecular weight is 424 g/mol. The van der Waals surface area contributed by atoms with Gasteiger partial charge < -0.3 is 0 Å². The molecule has 4 rings (SSSR count). The summed E-state index contributed by atoms with van der Waals surface area (Å²) in [6, 6.07) is 7.58. The van der Waals surface area contributed by atoms with Gasteiger partial charge in [-0.05, 0) is 12.1 Å². The van der Waals surface area contributed by atoms with Crippen molar-refractivity contribution in [3.8, 4) is 0 Å². The minimum Gasteiger partial charge on any atom is -0.296 e. The van der Waals surface area contributed by atoms with Gasteiger partial charge in [-0.3, -0.25) is 10.1 Å². The van der Waals surface area contributed by atoms with E-state index in [-0.39, 0.29) is 12.5 Å². The number of para-hydroxylation sites is 1. The summed E-state index contributed by atoms with van der Waals surface area (Å²) in [5, 5.41) is 3.63. The number of hydrogen-bond donors (Lipinski definition) is 1. The molecule has 1 aliphatic rings. The van der Waals surface area contributed by atoms with Crippen LogP contribution in [0.5, 0.6) is 0 Å². The number of nitrogens with one attached hydrogen (secondary N) is 1. The van der Waals surface area contributed by atoms with Crippen LogP contribution >= 0.6 is 22.7 Å². The normalized spacial score (nSPS) is 15.2. The molecule has 8 nitrogen and oxygen atoms in total. The molecule has 0 saturated heterocycles. The van der Waals surface area contributed by atoms with Crippen molar-refractivity contribution in [1.29, 1.82) is 0 Å². The maximum atomic E-state index is 12.5. The number of carbonyl (C=O) groups excluding carboxylic acids is 1. The highest BCUT2D eigenvalue weighted by Crippen LogP contribution is 2.30. The Kier molecular flexibility index (Phi) is 4.72. The molecule has 3 heterocycles. The van der Waals surface area contributed by atoms with E-state index in [1.165, 1.54) is 45.4 Å². The van der Waals surface area contributed by atoms with E-state index < -0.39 is 10.2 Å². The number of fused-ring (bicyclic) bond motifs is 2. The molecule has 1 N–H and O–H groups in total. The van der Waals surface area contributed by atoms with Gasteiger partial charge >= 0.3 is 0 Å². The topological polar surface area (TPSA) is 95.5 Å². The lowest BCUT2D eigenvalue weighted by atomic mass is 10.2. The highest BCUT2D eigenvalue weighted by Gasteiger charge is 2.30. The van der Waals surface area contributed by atoms with Crippen LogP contribution in [0.1, 0.15) is 20.4 Å². The van der Waals surface area contributed by atoms with E-state index in [1.807, 2.05) is 24.3 Å². The Morgan fingerprint density at radius 1 is 1.22 bits per heavy atom. The van der Waals surface area contributed by atoms with Crippen molar-refractivity contribution in [3.63, 3.8) is 0 Å². The molecule has 0 fully saturated rings. The molecule has 142 valence electrons. The Hall–Kier alpha value is -1.92. The Balaban J connectivity index is 1.52. The molecule has 0 radical (unpaired) electrons. The zero-order valence-electron chi connectivity index (χ0n) is 14.7. The number of hydrogen-bond acceptors (Lipinski definition) is 7. The highest BCUT2D eigenvalue weighted by molar-refractivity contribution is 7.86. The minimum atomic E-state index is -3.46. The van der Waals surface area contributed by atoms with Crippen molar-refractivity contribution in [2.75, 3.05) is 26.0 Å². The number of aromatic nitrogens is 2. The van der Waals surface area contributed by atoms with Crippen LogP contribution in [0.15, 0.2) is 24.3 Å². The van der Waals surface area contributed by atoms with E-state index in [0.29, 0.717) is 23.1 Å². The maximum absolute atomic E-state index is 12.5. The summed E-state index contributed by atoms with van der Waals surface area (Å²) >= 11 is 2.63. The quantitative estimate of drug-likeness (QED) is 0.694. The van der Waals surface area contributed by atoms with Crippen molar-refractivity contribution in [3.05, 3.63) is 39.8 Å². The molecule has 1 aromatic carbocycles. The number of thiazole rings is 2. The van der Waals surface area contributed by atoms with Crippen LogP contribution in [0.4, 0.5) is 5.13 Å². The summed E-state index contributed by atoms with van der Waals surface area (Å²) in [4.78, 5) is 22.2. The third-order valence-electron chi connectivity index (χ3n) is 4.19. The van der Waals surface area contributed by atoms with Crippen molar-refractivity contribution >= 4 is 54.1 Å². The fraction of sp³-hybridized carbons (Fsp3) is 0.312. The van der Waals surface area contributed by atoms with Crippen LogP contribution in [0, 0.1) is 0 Å². The van der Waals surface area contributed by atoms with Crippen LogP contribution < -0.4 is 5.32 Å². The Bertz CT molecular complexity index is 1090. The van der Waals surface area contributed by atoms with E-state index in [1.54, 1.807) is 0 Å². The third kappa shape index (κ3) is 3.48. The fourth-order valence-corrected chi connectivity index (χ4v) is 5.81. The summed E-state index contributed by atoms with van der Waals surface area (Å²) in [5.74, 6) is -0.305. The number of anilines is 1. The SMILES string of the molecule is CN(C)S(=O)(=O)N1CCc2nc(NC(=O)c3nc4ccccc4s3)sc2C1. The number of nitrogens with zero attached hydrogens (tertiary/aromatic N) is 4. The molecule has 0 spiro atoms. The molecule has 11 heteroatoms. The van der Waals surface area contributed by atoms with E-state index in [9.17, 15) is 13.2 Å². The Labute approximate surface area is 164 Å². The standard InChI is InChI=1S/C16H17N5O3S3/c1-20(2)27(23,24)21-8-7-11-13(9-21)26-16(18-11)19-14(22)15-17-10-5-3-4-6-12(10)25-15/h3-6H,7-9H2,1-2H3,(H,18,19,22). The van der Waals surface area contributed by atoms with Gasteiger partial charge in [-0.2, -0.15) is 17.0 Å². The van der Waals surface area contributed by atoms with E-state index in [4.69, 9.17) is 0 Å². The molecular weight excluding hydrogens is 406 g/mol. The van der Waals surface area contributed by atoms with Gasteiger partial charge in [0.05, 0.1) is 22.5 Å². The number of benzene rings is 1. The molecule has 2 aromatic heterocycles. The summed E-state index contributed by atoms with van der Waals surface area (Å²) in [5.41, 5.74) is 1.63. The van der Waals surface area contributed by atoms with E-state index in [0.717, 1.165) is 20.8 Å². The van der Waals surface area contributed by atoms with Gasteiger partial charge in [0.2, 0.25) is 0 Å². The lowest BCUT2D eigenvalue weighted by molar-refractivity contribution is 0.102. The summed E-state index contributed by atoms with van der Waals surface area (Å²) < 4.78 is 28.2. The summed E-state index contributed by atoms with van der Waals surface area (Å²) in [7, 11) is -0.434. The second kappa shape index (κ2) is 6.91. The Morgan fingerprint density at radius 3 is 2.74 bits per heavy atom. The Morgan fingerprint density at radius 2 is 2.00 bits per heavy atom. The van der Waals surface area contributed by atoms with Crippen molar-refractivity contribution in [1.82, 2.24) is 18.6 Å². The number of rotatable bonds is 4. The number of amides is 1. The van der Waals surface area contributed by atoms with Gasteiger partial charge in [-0.1, -0.05) is 12.1 Å². The highest BCUT2D eigenvalue weighted by atomic mass is 32.2. The first-order chi connectivity index (χ1) is 12.8. The monoisotopic (exact) mass is 423 g/mol. The van der Waals surface area contributed by atoms with Gasteiger partial charge in [-0.15, -0.1) is 22.7 Å². The van der Waals surface area contributed by atoms with Gasteiger partial charge in [0.1, 0.15) is 0 Å². The fourth-order valence-electron chi connectivity index (χ4n) is 2.77. The molecule has 0 bridgehead atoms. The second-order valence-electron chi connectivity index (χ2n) is 6.20. The molecule has 1 aliphatic heterocycles. The molecule has 27 heavy (non-hydrogen) atoms. The number of carbonyl (C=O) groups is 1. The van der Waals surface area contributed by atoms with Gasteiger partial charge in [0, 0.05) is 31.9 Å². The van der Waals surface area contributed by atoms with Crippen LogP contribution in [0.25, 0.3) is 10.2 Å². The van der Waals surface area contributed by atoms with Gasteiger partial charge in [0.25, 0.3) is 16.1 Å². The predicted octanol–water partition coefficient (Wildman–Crippen LogP) is 2.17. The summed E-state index contributed by atoms with van der Waals surface area (Å²) in [6.45, 7) is 0.646. The molecule has 1 amide bonds. The van der Waals surface area contributed by atoms with Crippen LogP contribution in [0.2, 0.25) is 0 Å². The largest absolute Gasteiger partial charge is 0.296 e. The van der Waals surface area contributed by atoms with Crippen molar-refractivity contribution in [2.45, 2.75) is 13.0 Å². The minimum absolute atomic E-state index is 0.268. The zero-order chi connectivity index (χ0) is 19.2. The predicted molar refractivity (Wildman–Crippen MR) is 106 cm³/mol. The molecule has 0 atom stereocenters. The van der Waals surface area contributed by atoms with Gasteiger partial charge in [0.15, 0.2) is 10.1 Å². The molecule has 0 aliphatic carbocycles. The average Bonchev–Trinajstić information content (AvgIpc) is 3.24. The molecular formula is C16H17N5O3S3. The van der Waals surface area contributed by atoms with E-state index >= 15 is 0 Å². The molecule has 0 saturated carbocycles. The van der Waals surface area contributed by atoms with Crippen molar-refractivity contribution < 1.29 is 13.2 Å². The van der Waals surface area contributed by atoms with Crippen LogP contribution in [0.3, 0.4) is 0 Å². The second-order valence-corrected chi connectivity index (χ2v) is 10.5. The summed E-state index contributed by atoms with van der Waals surface area (Å²) in [6.07, 6.45) is 0.524. The molecule has 3 aromatic rings. The zero-order valence-corrected chi connectivity index (χ0v) is 17.1. The van der Waals surface area contributed by atoms with Crippen molar-refractivity contribution in [2.24, 2.45) is 0 Å². The van der Waals surface area contributed by atoms with Gasteiger partial charge in [-0.25, -0.2) is 9.97 Å². The lowest BCUT2D eigenvalue weighted by Crippen LogP contribution is -2.42. The third-order valence-corrected chi connectivity index (χ3v) is 8.11. The molecule has 0 unspecified atom stereocenters. The first-order valence-electron chi connectivity index (χ1n) is 8.17. The lowest BCUT2D eigenvalue weighted by Gasteiger charge is -2.27. The maximum Gasteiger partial charge on any atom is 0.286 e. The van der Waals surface area contributed by atoms with Crippen LogP contribution in [-0.2, 0) is 23.2 Å². The first kappa shape index (κ1) is 18.4. The van der Waals surface area contributed by atoms with Crippen LogP contribution in [-0.4, -0.2) is 53.5 Å².